The van der Waals surface area contributed by atoms with Crippen molar-refractivity contribution in [2.75, 3.05) is 18.0 Å². The summed E-state index contributed by atoms with van der Waals surface area (Å²) in [6.45, 7) is 2.38. The molecule has 0 amide bonds. The number of anilines is 1. The summed E-state index contributed by atoms with van der Waals surface area (Å²) in [4.78, 5) is 34.2. The van der Waals surface area contributed by atoms with Crippen molar-refractivity contribution < 1.29 is 0 Å². The van der Waals surface area contributed by atoms with Gasteiger partial charge < -0.3 is 10.6 Å². The number of aromatic nitrogens is 6. The second kappa shape index (κ2) is 8.92. The summed E-state index contributed by atoms with van der Waals surface area (Å²) in [6, 6.07) is 18.0. The van der Waals surface area contributed by atoms with Crippen LogP contribution in [0.3, 0.4) is 0 Å². The highest BCUT2D eigenvalue weighted by Crippen LogP contribution is 2.24. The van der Waals surface area contributed by atoms with Crippen LogP contribution in [0.4, 0.5) is 5.95 Å². The van der Waals surface area contributed by atoms with E-state index in [4.69, 9.17) is 10.7 Å². The predicted molar refractivity (Wildman–Crippen MR) is 135 cm³/mol. The van der Waals surface area contributed by atoms with Gasteiger partial charge in [-0.25, -0.2) is 15.0 Å². The molecule has 0 spiro atoms. The number of benzene rings is 2. The molecule has 1 saturated heterocycles. The lowest BCUT2D eigenvalue weighted by Gasteiger charge is -2.31. The summed E-state index contributed by atoms with van der Waals surface area (Å²) < 4.78 is 3.60. The van der Waals surface area contributed by atoms with E-state index in [2.05, 4.69) is 32.0 Å². The Morgan fingerprint density at radius 3 is 2.66 bits per heavy atom. The molecule has 9 nitrogen and oxygen atoms in total. The predicted octanol–water partition coefficient (Wildman–Crippen LogP) is 2.56. The first-order valence-electron chi connectivity index (χ1n) is 11.9. The zero-order chi connectivity index (χ0) is 23.8. The average molecular weight is 467 g/mol. The number of nitrogens with zero attached hydrogens (tertiary/aromatic N) is 7. The van der Waals surface area contributed by atoms with E-state index < -0.39 is 0 Å². The van der Waals surface area contributed by atoms with Crippen LogP contribution in [0.25, 0.3) is 22.1 Å². The van der Waals surface area contributed by atoms with Gasteiger partial charge in [0.05, 0.1) is 24.3 Å². The molecule has 1 aliphatic rings. The third-order valence-corrected chi connectivity index (χ3v) is 6.58. The Morgan fingerprint density at radius 1 is 0.971 bits per heavy atom. The molecule has 1 unspecified atom stereocenters. The summed E-state index contributed by atoms with van der Waals surface area (Å²) in [5.41, 5.74) is 9.77. The molecule has 3 aromatic heterocycles. The van der Waals surface area contributed by atoms with Crippen LogP contribution in [0.15, 0.2) is 72.0 Å². The number of piperidine rings is 1. The lowest BCUT2D eigenvalue weighted by atomic mass is 10.1. The number of imidazole rings is 1. The van der Waals surface area contributed by atoms with Crippen LogP contribution in [0.1, 0.15) is 24.1 Å². The maximum atomic E-state index is 13.8. The van der Waals surface area contributed by atoms with Gasteiger partial charge in [-0.15, -0.1) is 0 Å². The Balaban J connectivity index is 1.48. The maximum Gasteiger partial charge on any atom is 0.280 e. The van der Waals surface area contributed by atoms with Crippen LogP contribution in [-0.2, 0) is 13.1 Å². The third kappa shape index (κ3) is 4.04. The molecule has 4 heterocycles. The smallest absolute Gasteiger partial charge is 0.280 e. The van der Waals surface area contributed by atoms with E-state index >= 15 is 0 Å². The first-order chi connectivity index (χ1) is 17.2. The molecule has 0 saturated carbocycles. The van der Waals surface area contributed by atoms with Gasteiger partial charge in [0.15, 0.2) is 11.2 Å². The molecule has 35 heavy (non-hydrogen) atoms. The van der Waals surface area contributed by atoms with Crippen molar-refractivity contribution in [3.8, 4) is 0 Å². The van der Waals surface area contributed by atoms with Crippen molar-refractivity contribution in [2.45, 2.75) is 32.0 Å². The number of nitrogens with two attached hydrogens (primary N) is 1. The molecule has 5 aromatic rings. The van der Waals surface area contributed by atoms with Crippen LogP contribution in [0.5, 0.6) is 0 Å². The van der Waals surface area contributed by atoms with Crippen molar-refractivity contribution in [1.29, 1.82) is 0 Å². The van der Waals surface area contributed by atoms with Gasteiger partial charge >= 0.3 is 0 Å². The molecule has 0 aliphatic carbocycles. The molecular formula is C26H26N8O. The molecule has 6 rings (SSSR count). The summed E-state index contributed by atoms with van der Waals surface area (Å²) in [5, 5.41) is 0.919. The highest BCUT2D eigenvalue weighted by molar-refractivity contribution is 5.80. The van der Waals surface area contributed by atoms with Crippen LogP contribution in [-0.4, -0.2) is 48.2 Å². The van der Waals surface area contributed by atoms with E-state index in [0.717, 1.165) is 47.5 Å². The summed E-state index contributed by atoms with van der Waals surface area (Å²) >= 11 is 0. The second-order valence-electron chi connectivity index (χ2n) is 9.02. The quantitative estimate of drug-likeness (QED) is 0.424. The second-order valence-corrected chi connectivity index (χ2v) is 9.02. The number of fused-ring (bicyclic) bond motifs is 2. The van der Waals surface area contributed by atoms with Crippen LogP contribution in [0, 0.1) is 0 Å². The topological polar surface area (TPSA) is 108 Å². The maximum absolute atomic E-state index is 13.8. The molecule has 176 valence electrons. The number of rotatable bonds is 5. The van der Waals surface area contributed by atoms with Gasteiger partial charge in [-0.3, -0.25) is 13.9 Å². The fourth-order valence-electron chi connectivity index (χ4n) is 4.85. The van der Waals surface area contributed by atoms with Crippen molar-refractivity contribution in [3.05, 3.63) is 88.9 Å². The van der Waals surface area contributed by atoms with Crippen molar-refractivity contribution in [1.82, 2.24) is 29.1 Å². The Morgan fingerprint density at radius 2 is 1.80 bits per heavy atom. The van der Waals surface area contributed by atoms with Crippen LogP contribution >= 0.6 is 0 Å². The van der Waals surface area contributed by atoms with E-state index in [9.17, 15) is 4.79 Å². The van der Waals surface area contributed by atoms with Gasteiger partial charge in [-0.05, 0) is 24.5 Å². The van der Waals surface area contributed by atoms with Crippen molar-refractivity contribution in [3.63, 3.8) is 0 Å². The highest BCUT2D eigenvalue weighted by Gasteiger charge is 2.25. The van der Waals surface area contributed by atoms with E-state index in [1.165, 1.54) is 6.33 Å². The van der Waals surface area contributed by atoms with E-state index in [-0.39, 0.29) is 11.6 Å². The first-order valence-corrected chi connectivity index (χ1v) is 11.9. The molecule has 1 aliphatic heterocycles. The number of para-hydroxylation sites is 1. The molecule has 2 aromatic carbocycles. The lowest BCUT2D eigenvalue weighted by molar-refractivity contribution is 0.495. The highest BCUT2D eigenvalue weighted by atomic mass is 16.1. The standard InChI is InChI=1S/C26H26N8O/c27-19-9-6-12-32(14-19)26-31-24-23(34(26)13-18-7-2-1-3-8-18)25(35)33(17-30-24)15-22-20-10-4-5-11-21(20)28-16-29-22/h1-5,7-8,10-11,16-17,19H,6,9,12-15,27H2. The van der Waals surface area contributed by atoms with Crippen LogP contribution in [0.2, 0.25) is 0 Å². The SMILES string of the molecule is NC1CCCN(c2nc3ncn(Cc4ncnc5ccccc45)c(=O)c3n2Cc2ccccc2)C1. The van der Waals surface area contributed by atoms with E-state index in [1.807, 2.05) is 47.0 Å². The summed E-state index contributed by atoms with van der Waals surface area (Å²) in [5.74, 6) is 0.744. The number of hydrogen-bond donors (Lipinski definition) is 1. The normalized spacial score (nSPS) is 16.3. The summed E-state index contributed by atoms with van der Waals surface area (Å²) in [7, 11) is 0. The largest absolute Gasteiger partial charge is 0.341 e. The minimum Gasteiger partial charge on any atom is -0.341 e. The van der Waals surface area contributed by atoms with Gasteiger partial charge in [0.25, 0.3) is 5.56 Å². The van der Waals surface area contributed by atoms with Gasteiger partial charge in [-0.2, -0.15) is 4.98 Å². The molecular weight excluding hydrogens is 440 g/mol. The van der Waals surface area contributed by atoms with E-state index in [0.29, 0.717) is 30.8 Å². The van der Waals surface area contributed by atoms with Crippen molar-refractivity contribution >= 4 is 28.0 Å². The molecule has 0 radical (unpaired) electrons. The first kappa shape index (κ1) is 21.4. The molecule has 1 atom stereocenters. The zero-order valence-electron chi connectivity index (χ0n) is 19.3. The Bertz CT molecular complexity index is 1550. The third-order valence-electron chi connectivity index (χ3n) is 6.58. The zero-order valence-corrected chi connectivity index (χ0v) is 19.3. The fraction of sp³-hybridized carbons (Fsp3) is 0.269. The van der Waals surface area contributed by atoms with Crippen LogP contribution < -0.4 is 16.2 Å². The monoisotopic (exact) mass is 466 g/mol. The fourth-order valence-corrected chi connectivity index (χ4v) is 4.85. The minimum absolute atomic E-state index is 0.0874. The lowest BCUT2D eigenvalue weighted by Crippen LogP contribution is -2.44. The van der Waals surface area contributed by atoms with Gasteiger partial charge in [0.2, 0.25) is 5.95 Å². The Hall–Kier alpha value is -4.11. The average Bonchev–Trinajstić information content (AvgIpc) is 3.25. The Kier molecular flexibility index (Phi) is 5.46. The molecule has 2 N–H and O–H groups in total. The van der Waals surface area contributed by atoms with Crippen molar-refractivity contribution in [2.24, 2.45) is 5.73 Å². The van der Waals surface area contributed by atoms with Gasteiger partial charge in [-0.1, -0.05) is 48.5 Å². The molecule has 0 bridgehead atoms. The number of hydrogen-bond acceptors (Lipinski definition) is 7. The summed E-state index contributed by atoms with van der Waals surface area (Å²) in [6.07, 6.45) is 5.08. The minimum atomic E-state index is -0.145. The van der Waals surface area contributed by atoms with Gasteiger partial charge in [0.1, 0.15) is 12.7 Å². The molecule has 9 heteroatoms. The Labute approximate surface area is 201 Å². The molecule has 1 fully saturated rings. The van der Waals surface area contributed by atoms with E-state index in [1.54, 1.807) is 10.9 Å². The van der Waals surface area contributed by atoms with Gasteiger partial charge in [0, 0.05) is 24.5 Å².